The molecule has 5 nitrogen and oxygen atoms in total. The number of pyridine rings is 1. The Hall–Kier alpha value is -1.66. The van der Waals surface area contributed by atoms with Gasteiger partial charge in [0.05, 0.1) is 11.8 Å². The van der Waals surface area contributed by atoms with Crippen LogP contribution in [0.25, 0.3) is 10.9 Å². The molecule has 1 aliphatic heterocycles. The van der Waals surface area contributed by atoms with Crippen molar-refractivity contribution >= 4 is 26.7 Å². The van der Waals surface area contributed by atoms with Crippen LogP contribution in [-0.2, 0) is 10.0 Å². The number of aromatic nitrogens is 1. The molecule has 1 aromatic carbocycles. The van der Waals surface area contributed by atoms with Gasteiger partial charge in [0.25, 0.3) is 0 Å². The number of para-hydroxylation sites is 1. The summed E-state index contributed by atoms with van der Waals surface area (Å²) in [6.07, 6.45) is 1.27. The number of hydrogen-bond donors (Lipinski definition) is 0. The first-order valence-electron chi connectivity index (χ1n) is 7.01. The number of anilines is 1. The molecule has 0 atom stereocenters. The van der Waals surface area contributed by atoms with Gasteiger partial charge in [0.2, 0.25) is 10.0 Å². The van der Waals surface area contributed by atoms with E-state index in [9.17, 15) is 8.42 Å². The molecule has 112 valence electrons. The molecule has 6 heteroatoms. The molecule has 1 aliphatic rings. The highest BCUT2D eigenvalue weighted by molar-refractivity contribution is 7.88. The zero-order valence-corrected chi connectivity index (χ0v) is 13.1. The van der Waals surface area contributed by atoms with Crippen molar-refractivity contribution in [3.63, 3.8) is 0 Å². The first-order valence-corrected chi connectivity index (χ1v) is 8.86. The van der Waals surface area contributed by atoms with Gasteiger partial charge < -0.3 is 4.90 Å². The normalized spacial score (nSPS) is 17.3. The van der Waals surface area contributed by atoms with E-state index in [2.05, 4.69) is 24.0 Å². The maximum atomic E-state index is 11.6. The summed E-state index contributed by atoms with van der Waals surface area (Å²) in [5.41, 5.74) is 2.10. The van der Waals surface area contributed by atoms with Crippen LogP contribution in [0.2, 0.25) is 0 Å². The summed E-state index contributed by atoms with van der Waals surface area (Å²) < 4.78 is 24.7. The molecular weight excluding hydrogens is 286 g/mol. The molecule has 0 spiro atoms. The van der Waals surface area contributed by atoms with Gasteiger partial charge in [0.15, 0.2) is 0 Å². The van der Waals surface area contributed by atoms with Crippen LogP contribution in [0.5, 0.6) is 0 Å². The van der Waals surface area contributed by atoms with Crippen molar-refractivity contribution < 1.29 is 8.42 Å². The zero-order valence-electron chi connectivity index (χ0n) is 12.3. The monoisotopic (exact) mass is 305 g/mol. The van der Waals surface area contributed by atoms with E-state index >= 15 is 0 Å². The highest BCUT2D eigenvalue weighted by Crippen LogP contribution is 2.24. The van der Waals surface area contributed by atoms with Gasteiger partial charge in [0, 0.05) is 31.6 Å². The van der Waals surface area contributed by atoms with Crippen LogP contribution in [-0.4, -0.2) is 50.1 Å². The quantitative estimate of drug-likeness (QED) is 0.846. The Kier molecular flexibility index (Phi) is 3.59. The fraction of sp³-hybridized carbons (Fsp3) is 0.400. The van der Waals surface area contributed by atoms with E-state index in [0.717, 1.165) is 22.3 Å². The summed E-state index contributed by atoms with van der Waals surface area (Å²) in [5.74, 6) is 0.960. The van der Waals surface area contributed by atoms with E-state index in [1.165, 1.54) is 10.6 Å². The summed E-state index contributed by atoms with van der Waals surface area (Å²) in [5, 5.41) is 1.13. The minimum absolute atomic E-state index is 0.521. The number of fused-ring (bicyclic) bond motifs is 1. The van der Waals surface area contributed by atoms with Gasteiger partial charge in [-0.25, -0.2) is 13.4 Å². The molecule has 0 radical (unpaired) electrons. The summed E-state index contributed by atoms with van der Waals surface area (Å²) in [7, 11) is -3.09. The summed E-state index contributed by atoms with van der Waals surface area (Å²) in [6.45, 7) is 4.45. The zero-order chi connectivity index (χ0) is 15.0. The number of benzene rings is 1. The summed E-state index contributed by atoms with van der Waals surface area (Å²) in [4.78, 5) is 6.91. The molecule has 0 N–H and O–H groups in total. The first-order chi connectivity index (χ1) is 9.95. The van der Waals surface area contributed by atoms with E-state index in [-0.39, 0.29) is 0 Å². The third-order valence-corrected chi connectivity index (χ3v) is 5.20. The van der Waals surface area contributed by atoms with Crippen molar-refractivity contribution in [2.75, 3.05) is 37.3 Å². The lowest BCUT2D eigenvalue weighted by Gasteiger charge is -2.34. The number of sulfonamides is 1. The molecular formula is C15H19N3O2S. The van der Waals surface area contributed by atoms with E-state index in [1.54, 1.807) is 0 Å². The molecule has 2 aromatic rings. The second kappa shape index (κ2) is 5.27. The third-order valence-electron chi connectivity index (χ3n) is 3.90. The molecule has 21 heavy (non-hydrogen) atoms. The Morgan fingerprint density at radius 1 is 1.10 bits per heavy atom. The van der Waals surface area contributed by atoms with Crippen LogP contribution in [0.4, 0.5) is 5.82 Å². The fourth-order valence-electron chi connectivity index (χ4n) is 2.76. The minimum Gasteiger partial charge on any atom is -0.354 e. The Balaban J connectivity index is 1.87. The smallest absolute Gasteiger partial charge is 0.211 e. The average Bonchev–Trinajstić information content (AvgIpc) is 2.46. The van der Waals surface area contributed by atoms with E-state index in [0.29, 0.717) is 26.2 Å². The molecule has 2 heterocycles. The molecule has 1 fully saturated rings. The highest BCUT2D eigenvalue weighted by Gasteiger charge is 2.24. The molecule has 0 aliphatic carbocycles. The van der Waals surface area contributed by atoms with Crippen molar-refractivity contribution in [3.05, 3.63) is 35.9 Å². The van der Waals surface area contributed by atoms with Gasteiger partial charge in [-0.1, -0.05) is 18.2 Å². The van der Waals surface area contributed by atoms with Crippen molar-refractivity contribution in [1.29, 1.82) is 0 Å². The lowest BCUT2D eigenvalue weighted by atomic mass is 10.1. The SMILES string of the molecule is Cc1cc2ccccc2nc1N1CCN(S(C)(=O)=O)CC1. The molecule has 0 unspecified atom stereocenters. The molecule has 0 saturated carbocycles. The van der Waals surface area contributed by atoms with Gasteiger partial charge in [-0.3, -0.25) is 0 Å². The minimum atomic E-state index is -3.09. The molecule has 3 rings (SSSR count). The maximum Gasteiger partial charge on any atom is 0.211 e. The summed E-state index contributed by atoms with van der Waals surface area (Å²) >= 11 is 0. The van der Waals surface area contributed by atoms with Crippen LogP contribution >= 0.6 is 0 Å². The highest BCUT2D eigenvalue weighted by atomic mass is 32.2. The van der Waals surface area contributed by atoms with Crippen LogP contribution in [0, 0.1) is 6.92 Å². The van der Waals surface area contributed by atoms with Crippen LogP contribution in [0.15, 0.2) is 30.3 Å². The first kappa shape index (κ1) is 14.3. The topological polar surface area (TPSA) is 53.5 Å². The Morgan fingerprint density at radius 2 is 1.76 bits per heavy atom. The van der Waals surface area contributed by atoms with E-state index < -0.39 is 10.0 Å². The predicted octanol–water partition coefficient (Wildman–Crippen LogP) is 1.62. The number of aryl methyl sites for hydroxylation is 1. The van der Waals surface area contributed by atoms with Crippen LogP contribution in [0.1, 0.15) is 5.56 Å². The maximum absolute atomic E-state index is 11.6. The van der Waals surface area contributed by atoms with Gasteiger partial charge in [0.1, 0.15) is 5.82 Å². The van der Waals surface area contributed by atoms with Gasteiger partial charge >= 0.3 is 0 Å². The van der Waals surface area contributed by atoms with Crippen LogP contribution in [0.3, 0.4) is 0 Å². The fourth-order valence-corrected chi connectivity index (χ4v) is 3.59. The number of nitrogens with zero attached hydrogens (tertiary/aromatic N) is 3. The second-order valence-electron chi connectivity index (χ2n) is 5.47. The number of hydrogen-bond acceptors (Lipinski definition) is 4. The molecule has 0 amide bonds. The summed E-state index contributed by atoms with van der Waals surface area (Å²) in [6, 6.07) is 10.2. The van der Waals surface area contributed by atoms with Crippen molar-refractivity contribution in [3.8, 4) is 0 Å². The second-order valence-corrected chi connectivity index (χ2v) is 7.45. The lowest BCUT2D eigenvalue weighted by Crippen LogP contribution is -2.48. The third kappa shape index (κ3) is 2.87. The Labute approximate surface area is 125 Å². The molecule has 1 aromatic heterocycles. The predicted molar refractivity (Wildman–Crippen MR) is 85.1 cm³/mol. The lowest BCUT2D eigenvalue weighted by molar-refractivity contribution is 0.387. The largest absolute Gasteiger partial charge is 0.354 e. The molecule has 1 saturated heterocycles. The van der Waals surface area contributed by atoms with Crippen molar-refractivity contribution in [1.82, 2.24) is 9.29 Å². The van der Waals surface area contributed by atoms with E-state index in [1.807, 2.05) is 18.2 Å². The number of piperazine rings is 1. The average molecular weight is 305 g/mol. The van der Waals surface area contributed by atoms with Gasteiger partial charge in [-0.15, -0.1) is 0 Å². The molecule has 0 bridgehead atoms. The Morgan fingerprint density at radius 3 is 2.43 bits per heavy atom. The van der Waals surface area contributed by atoms with Gasteiger partial charge in [-0.2, -0.15) is 4.31 Å². The van der Waals surface area contributed by atoms with Crippen molar-refractivity contribution in [2.45, 2.75) is 6.92 Å². The van der Waals surface area contributed by atoms with Crippen LogP contribution < -0.4 is 4.90 Å². The van der Waals surface area contributed by atoms with Gasteiger partial charge in [-0.05, 0) is 24.6 Å². The van der Waals surface area contributed by atoms with Crippen molar-refractivity contribution in [2.24, 2.45) is 0 Å². The van der Waals surface area contributed by atoms with E-state index in [4.69, 9.17) is 4.98 Å². The Bertz CT molecular complexity index is 766. The number of rotatable bonds is 2. The standard InChI is InChI=1S/C15H19N3O2S/c1-12-11-13-5-3-4-6-14(13)16-15(12)17-7-9-18(10-8-17)21(2,19)20/h3-6,11H,7-10H2,1-2H3.